The summed E-state index contributed by atoms with van der Waals surface area (Å²) >= 11 is 0. The molecule has 0 saturated carbocycles. The van der Waals surface area contributed by atoms with Gasteiger partial charge in [-0.2, -0.15) is 4.31 Å². The summed E-state index contributed by atoms with van der Waals surface area (Å²) in [5, 5.41) is 0. The van der Waals surface area contributed by atoms with Crippen molar-refractivity contribution < 1.29 is 17.5 Å². The summed E-state index contributed by atoms with van der Waals surface area (Å²) in [6, 6.07) is 12.5. The van der Waals surface area contributed by atoms with Gasteiger partial charge in [0.15, 0.2) is 0 Å². The molecule has 0 bridgehead atoms. The molecule has 1 unspecified atom stereocenters. The number of halogens is 1. The van der Waals surface area contributed by atoms with Crippen molar-refractivity contribution in [3.05, 3.63) is 72.4 Å². The number of rotatable bonds is 5. The number of ether oxygens (including phenoxy) is 1. The largest absolute Gasteiger partial charge is 0.497 e. The van der Waals surface area contributed by atoms with Gasteiger partial charge in [0.1, 0.15) is 11.6 Å². The van der Waals surface area contributed by atoms with E-state index in [0.717, 1.165) is 35.5 Å². The minimum absolute atomic E-state index is 0.0936. The second kappa shape index (κ2) is 8.49. The van der Waals surface area contributed by atoms with Crippen molar-refractivity contribution in [2.45, 2.75) is 23.7 Å². The van der Waals surface area contributed by atoms with Crippen molar-refractivity contribution in [1.29, 1.82) is 0 Å². The average molecular weight is 428 g/mol. The van der Waals surface area contributed by atoms with E-state index in [-0.39, 0.29) is 10.8 Å². The number of hydrogen-bond donors (Lipinski definition) is 0. The molecule has 156 valence electrons. The monoisotopic (exact) mass is 427 g/mol. The number of nitrogens with zero attached hydrogens (tertiary/aromatic N) is 3. The van der Waals surface area contributed by atoms with Crippen LogP contribution in [0, 0.1) is 5.82 Å². The number of sulfonamides is 1. The predicted molar refractivity (Wildman–Crippen MR) is 111 cm³/mol. The Morgan fingerprint density at radius 3 is 2.63 bits per heavy atom. The molecule has 0 N–H and O–H groups in total. The molecule has 6 nitrogen and oxygen atoms in total. The number of benzene rings is 2. The quantitative estimate of drug-likeness (QED) is 0.618. The molecule has 3 aromatic rings. The van der Waals surface area contributed by atoms with E-state index in [0.29, 0.717) is 25.3 Å². The van der Waals surface area contributed by atoms with Gasteiger partial charge in [0.05, 0.1) is 23.4 Å². The van der Waals surface area contributed by atoms with Gasteiger partial charge in [-0.1, -0.05) is 12.1 Å². The lowest BCUT2D eigenvalue weighted by molar-refractivity contribution is 0.312. The van der Waals surface area contributed by atoms with E-state index in [1.807, 2.05) is 24.3 Å². The molecule has 2 aromatic carbocycles. The van der Waals surface area contributed by atoms with E-state index in [1.54, 1.807) is 19.5 Å². The van der Waals surface area contributed by atoms with Crippen LogP contribution in [0.2, 0.25) is 0 Å². The highest BCUT2D eigenvalue weighted by Crippen LogP contribution is 2.34. The van der Waals surface area contributed by atoms with Gasteiger partial charge in [-0.05, 0) is 49.2 Å². The lowest BCUT2D eigenvalue weighted by Crippen LogP contribution is -2.39. The fourth-order valence-corrected chi connectivity index (χ4v) is 5.30. The number of hydrogen-bond acceptors (Lipinski definition) is 5. The number of piperidine rings is 1. The van der Waals surface area contributed by atoms with Crippen LogP contribution < -0.4 is 4.74 Å². The van der Waals surface area contributed by atoms with Crippen LogP contribution in [0.4, 0.5) is 4.39 Å². The minimum Gasteiger partial charge on any atom is -0.497 e. The first-order chi connectivity index (χ1) is 14.5. The van der Waals surface area contributed by atoms with Crippen LogP contribution in [0.3, 0.4) is 0 Å². The highest BCUT2D eigenvalue weighted by atomic mass is 32.2. The molecule has 1 aromatic heterocycles. The molecule has 1 fully saturated rings. The highest BCUT2D eigenvalue weighted by Gasteiger charge is 2.32. The van der Waals surface area contributed by atoms with E-state index >= 15 is 0 Å². The summed E-state index contributed by atoms with van der Waals surface area (Å²) in [5.41, 5.74) is 2.36. The maximum absolute atomic E-state index is 13.2. The van der Waals surface area contributed by atoms with E-state index in [4.69, 9.17) is 4.74 Å². The Balaban J connectivity index is 1.65. The molecule has 1 aliphatic heterocycles. The lowest BCUT2D eigenvalue weighted by atomic mass is 9.92. The predicted octanol–water partition coefficient (Wildman–Crippen LogP) is 3.86. The van der Waals surface area contributed by atoms with Crippen LogP contribution in [-0.4, -0.2) is 42.9 Å². The SMILES string of the molecule is COc1cccc(-c2nccnc2C2CCCN(S(=O)(=O)c3ccc(F)cc3)C2)c1. The summed E-state index contributed by atoms with van der Waals surface area (Å²) in [7, 11) is -2.10. The van der Waals surface area contributed by atoms with Gasteiger partial charge in [-0.15, -0.1) is 0 Å². The zero-order valence-corrected chi connectivity index (χ0v) is 17.3. The van der Waals surface area contributed by atoms with Gasteiger partial charge in [0, 0.05) is 37.0 Å². The van der Waals surface area contributed by atoms with E-state index < -0.39 is 15.8 Å². The van der Waals surface area contributed by atoms with Crippen molar-refractivity contribution in [3.8, 4) is 17.0 Å². The topological polar surface area (TPSA) is 72.4 Å². The second-order valence-corrected chi connectivity index (χ2v) is 9.12. The fourth-order valence-electron chi connectivity index (χ4n) is 3.78. The Labute approximate surface area is 175 Å². The van der Waals surface area contributed by atoms with Crippen molar-refractivity contribution in [1.82, 2.24) is 14.3 Å². The second-order valence-electron chi connectivity index (χ2n) is 7.18. The zero-order valence-electron chi connectivity index (χ0n) is 16.5. The number of aromatic nitrogens is 2. The summed E-state index contributed by atoms with van der Waals surface area (Å²) in [6.07, 6.45) is 4.78. The minimum atomic E-state index is -3.71. The molecule has 0 aliphatic carbocycles. The molecule has 30 heavy (non-hydrogen) atoms. The normalized spacial score (nSPS) is 17.6. The molecule has 2 heterocycles. The van der Waals surface area contributed by atoms with Gasteiger partial charge < -0.3 is 4.74 Å². The summed E-state index contributed by atoms with van der Waals surface area (Å²) in [4.78, 5) is 9.18. The Bertz CT molecular complexity index is 1140. The molecular weight excluding hydrogens is 405 g/mol. The Morgan fingerprint density at radius 2 is 1.87 bits per heavy atom. The summed E-state index contributed by atoms with van der Waals surface area (Å²) in [5.74, 6) is 0.157. The molecule has 0 amide bonds. The van der Waals surface area contributed by atoms with Crippen LogP contribution in [-0.2, 0) is 10.0 Å². The third-order valence-corrected chi connectivity index (χ3v) is 7.17. The average Bonchev–Trinajstić information content (AvgIpc) is 2.79. The van der Waals surface area contributed by atoms with E-state index in [9.17, 15) is 12.8 Å². The van der Waals surface area contributed by atoms with Gasteiger partial charge in [0.2, 0.25) is 10.0 Å². The third kappa shape index (κ3) is 4.06. The van der Waals surface area contributed by atoms with E-state index in [1.165, 1.54) is 16.4 Å². The first-order valence-corrected chi connectivity index (χ1v) is 11.1. The fraction of sp³-hybridized carbons (Fsp3) is 0.273. The molecule has 0 radical (unpaired) electrons. The Hall–Kier alpha value is -2.84. The Morgan fingerprint density at radius 1 is 1.10 bits per heavy atom. The van der Waals surface area contributed by atoms with Gasteiger partial charge >= 0.3 is 0 Å². The van der Waals surface area contributed by atoms with Gasteiger partial charge in [-0.25, -0.2) is 12.8 Å². The molecule has 1 atom stereocenters. The molecule has 1 saturated heterocycles. The molecular formula is C22H22FN3O3S. The van der Waals surface area contributed by atoms with Crippen molar-refractivity contribution >= 4 is 10.0 Å². The van der Waals surface area contributed by atoms with Crippen LogP contribution >= 0.6 is 0 Å². The molecule has 8 heteroatoms. The van der Waals surface area contributed by atoms with Crippen molar-refractivity contribution in [3.63, 3.8) is 0 Å². The van der Waals surface area contributed by atoms with E-state index in [2.05, 4.69) is 9.97 Å². The summed E-state index contributed by atoms with van der Waals surface area (Å²) < 4.78 is 46.1. The van der Waals surface area contributed by atoms with Crippen LogP contribution in [0.5, 0.6) is 5.75 Å². The molecule has 0 spiro atoms. The third-order valence-electron chi connectivity index (χ3n) is 5.29. The van der Waals surface area contributed by atoms with Gasteiger partial charge in [-0.3, -0.25) is 9.97 Å². The molecule has 4 rings (SSSR count). The first kappa shape index (κ1) is 20.4. The first-order valence-electron chi connectivity index (χ1n) is 9.70. The van der Waals surface area contributed by atoms with Crippen molar-refractivity contribution in [2.75, 3.05) is 20.2 Å². The maximum Gasteiger partial charge on any atom is 0.243 e. The zero-order chi connectivity index (χ0) is 21.1. The lowest BCUT2D eigenvalue weighted by Gasteiger charge is -2.32. The standard InChI is InChI=1S/C22H22FN3O3S/c1-29-19-6-2-4-16(14-19)21-22(25-12-11-24-21)17-5-3-13-26(15-17)30(27,28)20-9-7-18(23)8-10-20/h2,4,6-12,14,17H,3,5,13,15H2,1H3. The smallest absolute Gasteiger partial charge is 0.243 e. The van der Waals surface area contributed by atoms with Gasteiger partial charge in [0.25, 0.3) is 0 Å². The molecule has 1 aliphatic rings. The van der Waals surface area contributed by atoms with Crippen LogP contribution in [0.15, 0.2) is 65.8 Å². The number of methoxy groups -OCH3 is 1. The van der Waals surface area contributed by atoms with Crippen LogP contribution in [0.25, 0.3) is 11.3 Å². The maximum atomic E-state index is 13.2. The van der Waals surface area contributed by atoms with Crippen LogP contribution in [0.1, 0.15) is 24.5 Å². The highest BCUT2D eigenvalue weighted by molar-refractivity contribution is 7.89. The Kier molecular flexibility index (Phi) is 5.78. The van der Waals surface area contributed by atoms with Crippen molar-refractivity contribution in [2.24, 2.45) is 0 Å². The summed E-state index contributed by atoms with van der Waals surface area (Å²) in [6.45, 7) is 0.723.